The Hall–Kier alpha value is -1.40. The molecule has 1 saturated heterocycles. The van der Waals surface area contributed by atoms with E-state index in [0.29, 0.717) is 25.2 Å². The van der Waals surface area contributed by atoms with E-state index in [-0.39, 0.29) is 18.6 Å². The predicted octanol–water partition coefficient (Wildman–Crippen LogP) is 0.350. The van der Waals surface area contributed by atoms with E-state index in [1.165, 1.54) is 0 Å². The number of aliphatic hydroxyl groups excluding tert-OH is 1. The van der Waals surface area contributed by atoms with E-state index < -0.39 is 0 Å². The maximum absolute atomic E-state index is 12.6. The van der Waals surface area contributed by atoms with Crippen LogP contribution in [0.3, 0.4) is 0 Å². The smallest absolute Gasteiger partial charge is 0.272 e. The first-order chi connectivity index (χ1) is 9.56. The van der Waals surface area contributed by atoms with Crippen LogP contribution in [0.5, 0.6) is 0 Å². The lowest BCUT2D eigenvalue weighted by Gasteiger charge is -2.39. The molecule has 0 aromatic carbocycles. The van der Waals surface area contributed by atoms with Crippen molar-refractivity contribution in [2.75, 3.05) is 33.3 Å². The molecule has 2 rings (SSSR count). The molecular formula is C14H24N4O2. The van der Waals surface area contributed by atoms with Gasteiger partial charge < -0.3 is 10.0 Å². The second kappa shape index (κ2) is 6.37. The maximum Gasteiger partial charge on any atom is 0.272 e. The van der Waals surface area contributed by atoms with Crippen LogP contribution in [0.15, 0.2) is 6.07 Å². The molecule has 112 valence electrons. The Morgan fingerprint density at radius 2 is 2.25 bits per heavy atom. The van der Waals surface area contributed by atoms with Gasteiger partial charge in [0.2, 0.25) is 0 Å². The minimum atomic E-state index is 0.0449. The van der Waals surface area contributed by atoms with Gasteiger partial charge in [-0.15, -0.1) is 0 Å². The lowest BCUT2D eigenvalue weighted by atomic mass is 10.1. The van der Waals surface area contributed by atoms with E-state index in [1.54, 1.807) is 4.68 Å². The molecule has 0 aliphatic carbocycles. The SMILES string of the molecule is CCn1nc(C)cc1C(=O)N1CCN(C)[C@@H](CCO)C1. The number of amides is 1. The number of carbonyl (C=O) groups is 1. The molecule has 6 heteroatoms. The molecule has 1 aromatic rings. The highest BCUT2D eigenvalue weighted by Crippen LogP contribution is 2.15. The molecule has 6 nitrogen and oxygen atoms in total. The lowest BCUT2D eigenvalue weighted by Crippen LogP contribution is -2.53. The molecule has 0 saturated carbocycles. The van der Waals surface area contributed by atoms with Gasteiger partial charge >= 0.3 is 0 Å². The summed E-state index contributed by atoms with van der Waals surface area (Å²) in [4.78, 5) is 16.7. The van der Waals surface area contributed by atoms with Crippen LogP contribution >= 0.6 is 0 Å². The van der Waals surface area contributed by atoms with Gasteiger partial charge in [-0.3, -0.25) is 14.4 Å². The van der Waals surface area contributed by atoms with Gasteiger partial charge in [0.15, 0.2) is 0 Å². The van der Waals surface area contributed by atoms with Gasteiger partial charge in [0, 0.05) is 38.8 Å². The molecule has 20 heavy (non-hydrogen) atoms. The fourth-order valence-electron chi connectivity index (χ4n) is 2.71. The van der Waals surface area contributed by atoms with Crippen molar-refractivity contribution in [2.45, 2.75) is 32.9 Å². The number of rotatable bonds is 4. The standard InChI is InChI=1S/C14H24N4O2/c1-4-18-13(9-11(2)15-18)14(20)17-7-6-16(3)12(10-17)5-8-19/h9,12,19H,4-8,10H2,1-3H3/t12-/m0/s1. The van der Waals surface area contributed by atoms with Crippen molar-refractivity contribution in [3.63, 3.8) is 0 Å². The zero-order valence-corrected chi connectivity index (χ0v) is 12.5. The molecule has 0 radical (unpaired) electrons. The number of carbonyl (C=O) groups excluding carboxylic acids is 1. The van der Waals surface area contributed by atoms with E-state index in [1.807, 2.05) is 31.9 Å². The van der Waals surface area contributed by atoms with Crippen LogP contribution in [-0.2, 0) is 6.54 Å². The summed E-state index contributed by atoms with van der Waals surface area (Å²) in [6.45, 7) is 6.99. The molecule has 0 unspecified atom stereocenters. The van der Waals surface area contributed by atoms with Crippen LogP contribution in [-0.4, -0.2) is 69.9 Å². The van der Waals surface area contributed by atoms with Crippen molar-refractivity contribution in [1.82, 2.24) is 19.6 Å². The van der Waals surface area contributed by atoms with E-state index in [2.05, 4.69) is 10.00 Å². The average Bonchev–Trinajstić information content (AvgIpc) is 2.82. The molecule has 1 aliphatic heterocycles. The van der Waals surface area contributed by atoms with Crippen molar-refractivity contribution in [3.8, 4) is 0 Å². The molecule has 0 spiro atoms. The zero-order chi connectivity index (χ0) is 14.7. The lowest BCUT2D eigenvalue weighted by molar-refractivity contribution is 0.0490. The molecule has 1 N–H and O–H groups in total. The molecule has 1 amide bonds. The Kier molecular flexibility index (Phi) is 4.77. The number of nitrogens with zero attached hydrogens (tertiary/aromatic N) is 4. The van der Waals surface area contributed by atoms with Gasteiger partial charge in [-0.25, -0.2) is 0 Å². The molecule has 2 heterocycles. The summed E-state index contributed by atoms with van der Waals surface area (Å²) in [5, 5.41) is 13.5. The third-order valence-corrected chi connectivity index (χ3v) is 3.95. The predicted molar refractivity (Wildman–Crippen MR) is 76.7 cm³/mol. The van der Waals surface area contributed by atoms with Gasteiger partial charge in [-0.05, 0) is 33.4 Å². The summed E-state index contributed by atoms with van der Waals surface area (Å²) in [5.74, 6) is 0.0449. The van der Waals surface area contributed by atoms with Crippen molar-refractivity contribution >= 4 is 5.91 Å². The van der Waals surface area contributed by atoms with Crippen molar-refractivity contribution in [1.29, 1.82) is 0 Å². The number of hydrogen-bond acceptors (Lipinski definition) is 4. The quantitative estimate of drug-likeness (QED) is 0.864. The first kappa shape index (κ1) is 15.0. The summed E-state index contributed by atoms with van der Waals surface area (Å²) in [5.41, 5.74) is 1.54. The number of likely N-dealkylation sites (N-methyl/N-ethyl adjacent to an activating group) is 1. The van der Waals surface area contributed by atoms with Crippen LogP contribution in [0, 0.1) is 6.92 Å². The number of piperazine rings is 1. The first-order valence-electron chi connectivity index (χ1n) is 7.21. The van der Waals surface area contributed by atoms with Crippen molar-refractivity contribution in [3.05, 3.63) is 17.5 Å². The Bertz CT molecular complexity index is 472. The van der Waals surface area contributed by atoms with Gasteiger partial charge in [0.25, 0.3) is 5.91 Å². The van der Waals surface area contributed by atoms with Gasteiger partial charge in [-0.1, -0.05) is 0 Å². The minimum Gasteiger partial charge on any atom is -0.396 e. The van der Waals surface area contributed by atoms with E-state index >= 15 is 0 Å². The highest BCUT2D eigenvalue weighted by molar-refractivity contribution is 5.92. The number of hydrogen-bond donors (Lipinski definition) is 1. The van der Waals surface area contributed by atoms with Gasteiger partial charge in [0.1, 0.15) is 5.69 Å². The summed E-state index contributed by atoms with van der Waals surface area (Å²) in [6.07, 6.45) is 0.701. The molecule has 1 aromatic heterocycles. The summed E-state index contributed by atoms with van der Waals surface area (Å²) < 4.78 is 1.76. The zero-order valence-electron chi connectivity index (χ0n) is 12.5. The third-order valence-electron chi connectivity index (χ3n) is 3.95. The minimum absolute atomic E-state index is 0.0449. The normalized spacial score (nSPS) is 20.4. The highest BCUT2D eigenvalue weighted by atomic mass is 16.3. The van der Waals surface area contributed by atoms with E-state index in [0.717, 1.165) is 18.8 Å². The van der Waals surface area contributed by atoms with Gasteiger partial charge in [-0.2, -0.15) is 5.10 Å². The van der Waals surface area contributed by atoms with Crippen LogP contribution in [0.1, 0.15) is 29.5 Å². The largest absolute Gasteiger partial charge is 0.396 e. The molecule has 0 bridgehead atoms. The van der Waals surface area contributed by atoms with Gasteiger partial charge in [0.05, 0.1) is 5.69 Å². The summed E-state index contributed by atoms with van der Waals surface area (Å²) >= 11 is 0. The molecule has 1 aliphatic rings. The number of aromatic nitrogens is 2. The molecular weight excluding hydrogens is 256 g/mol. The van der Waals surface area contributed by atoms with Crippen LogP contribution < -0.4 is 0 Å². The number of aliphatic hydroxyl groups is 1. The van der Waals surface area contributed by atoms with Crippen molar-refractivity contribution in [2.24, 2.45) is 0 Å². The number of aryl methyl sites for hydroxylation is 2. The van der Waals surface area contributed by atoms with E-state index in [4.69, 9.17) is 5.11 Å². The third kappa shape index (κ3) is 3.02. The Morgan fingerprint density at radius 3 is 2.90 bits per heavy atom. The highest BCUT2D eigenvalue weighted by Gasteiger charge is 2.29. The van der Waals surface area contributed by atoms with Crippen LogP contribution in [0.4, 0.5) is 0 Å². The van der Waals surface area contributed by atoms with Crippen LogP contribution in [0.25, 0.3) is 0 Å². The average molecular weight is 280 g/mol. The second-order valence-electron chi connectivity index (χ2n) is 5.38. The fraction of sp³-hybridized carbons (Fsp3) is 0.714. The Balaban J connectivity index is 2.12. The fourth-order valence-corrected chi connectivity index (χ4v) is 2.71. The Morgan fingerprint density at radius 1 is 1.50 bits per heavy atom. The van der Waals surface area contributed by atoms with Crippen molar-refractivity contribution < 1.29 is 9.90 Å². The second-order valence-corrected chi connectivity index (χ2v) is 5.38. The Labute approximate surface area is 120 Å². The molecule has 1 atom stereocenters. The topological polar surface area (TPSA) is 61.6 Å². The molecule has 1 fully saturated rings. The monoisotopic (exact) mass is 280 g/mol. The van der Waals surface area contributed by atoms with Crippen LogP contribution in [0.2, 0.25) is 0 Å². The van der Waals surface area contributed by atoms with E-state index in [9.17, 15) is 4.79 Å². The summed E-state index contributed by atoms with van der Waals surface area (Å²) in [6, 6.07) is 2.09. The first-order valence-corrected chi connectivity index (χ1v) is 7.21. The summed E-state index contributed by atoms with van der Waals surface area (Å²) in [7, 11) is 2.04. The maximum atomic E-state index is 12.6.